The van der Waals surface area contributed by atoms with Crippen molar-refractivity contribution >= 4 is 16.9 Å². The lowest BCUT2D eigenvalue weighted by atomic mass is 10.0. The van der Waals surface area contributed by atoms with Gasteiger partial charge in [0.05, 0.1) is 18.2 Å². The second-order valence-corrected chi connectivity index (χ2v) is 4.02. The molecule has 2 heterocycles. The number of cyclic esters (lactones) is 1. The molecule has 1 atom stereocenters. The molecule has 0 unspecified atom stereocenters. The summed E-state index contributed by atoms with van der Waals surface area (Å²) in [4.78, 5) is 16.1. The van der Waals surface area contributed by atoms with Crippen LogP contribution in [-0.4, -0.2) is 18.1 Å². The number of ether oxygens (including phenoxy) is 2. The second kappa shape index (κ2) is 3.45. The number of nitrogens with zero attached hydrogens (tertiary/aromatic N) is 1. The lowest BCUT2D eigenvalue weighted by molar-refractivity contribution is 0.0423. The van der Waals surface area contributed by atoms with Gasteiger partial charge in [0, 0.05) is 17.1 Å². The fourth-order valence-corrected chi connectivity index (χ4v) is 2.13. The molecule has 1 aliphatic heterocycles. The van der Waals surface area contributed by atoms with E-state index >= 15 is 0 Å². The molecular weight excluding hydrogens is 218 g/mol. The number of methoxy groups -OCH3 is 1. The van der Waals surface area contributed by atoms with Gasteiger partial charge in [-0.25, -0.2) is 4.79 Å². The van der Waals surface area contributed by atoms with Crippen molar-refractivity contribution in [3.05, 3.63) is 35.5 Å². The van der Waals surface area contributed by atoms with Crippen LogP contribution in [0.2, 0.25) is 0 Å². The molecule has 0 N–H and O–H groups in total. The van der Waals surface area contributed by atoms with E-state index in [9.17, 15) is 4.79 Å². The summed E-state index contributed by atoms with van der Waals surface area (Å²) in [6, 6.07) is 5.48. The van der Waals surface area contributed by atoms with E-state index in [1.165, 1.54) is 0 Å². The van der Waals surface area contributed by atoms with Crippen LogP contribution in [0, 0.1) is 0 Å². The molecule has 4 nitrogen and oxygen atoms in total. The van der Waals surface area contributed by atoms with Crippen LogP contribution < -0.4 is 4.74 Å². The number of fused-ring (bicyclic) bond motifs is 3. The Labute approximate surface area is 98.2 Å². The number of carbonyl (C=O) groups excluding carboxylic acids is 1. The highest BCUT2D eigenvalue weighted by atomic mass is 16.5. The minimum atomic E-state index is -0.284. The zero-order valence-corrected chi connectivity index (χ0v) is 9.56. The van der Waals surface area contributed by atoms with Crippen molar-refractivity contribution in [2.24, 2.45) is 0 Å². The highest BCUT2D eigenvalue weighted by Gasteiger charge is 2.30. The van der Waals surface area contributed by atoms with Gasteiger partial charge in [-0.05, 0) is 25.1 Å². The normalized spacial score (nSPS) is 18.0. The quantitative estimate of drug-likeness (QED) is 0.705. The van der Waals surface area contributed by atoms with E-state index in [0.717, 1.165) is 16.5 Å². The Kier molecular flexibility index (Phi) is 2.04. The molecule has 0 spiro atoms. The van der Waals surface area contributed by atoms with Gasteiger partial charge in [0.15, 0.2) is 0 Å². The fraction of sp³-hybridized carbons (Fsp3) is 0.231. The maximum Gasteiger partial charge on any atom is 0.339 e. The molecule has 0 amide bonds. The SMILES string of the molecule is COc1ccc2ncc3c(c2c1)C(=O)O[C@H]3C. The van der Waals surface area contributed by atoms with E-state index in [4.69, 9.17) is 9.47 Å². The van der Waals surface area contributed by atoms with Gasteiger partial charge in [0.1, 0.15) is 11.9 Å². The first-order valence-corrected chi connectivity index (χ1v) is 5.38. The number of esters is 1. The molecule has 0 radical (unpaired) electrons. The first kappa shape index (κ1) is 10.1. The highest BCUT2D eigenvalue weighted by Crippen LogP contribution is 2.35. The summed E-state index contributed by atoms with van der Waals surface area (Å²) in [5.41, 5.74) is 2.23. The van der Waals surface area contributed by atoms with Crippen molar-refractivity contribution in [2.45, 2.75) is 13.0 Å². The van der Waals surface area contributed by atoms with E-state index in [1.807, 2.05) is 25.1 Å². The molecule has 1 aromatic heterocycles. The Morgan fingerprint density at radius 2 is 2.24 bits per heavy atom. The first-order valence-electron chi connectivity index (χ1n) is 5.38. The van der Waals surface area contributed by atoms with Crippen molar-refractivity contribution in [1.82, 2.24) is 4.98 Å². The number of hydrogen-bond donors (Lipinski definition) is 0. The average Bonchev–Trinajstić information content (AvgIpc) is 2.64. The molecule has 0 fully saturated rings. The van der Waals surface area contributed by atoms with Crippen LogP contribution in [0.5, 0.6) is 5.75 Å². The zero-order valence-electron chi connectivity index (χ0n) is 9.56. The van der Waals surface area contributed by atoms with Crippen molar-refractivity contribution in [3.63, 3.8) is 0 Å². The monoisotopic (exact) mass is 229 g/mol. The Balaban J connectivity index is 2.36. The van der Waals surface area contributed by atoms with Gasteiger partial charge >= 0.3 is 5.97 Å². The molecule has 3 rings (SSSR count). The maximum absolute atomic E-state index is 11.8. The van der Waals surface area contributed by atoms with Gasteiger partial charge in [-0.2, -0.15) is 0 Å². The molecule has 86 valence electrons. The van der Waals surface area contributed by atoms with Crippen LogP contribution in [0.1, 0.15) is 28.9 Å². The molecule has 2 aromatic rings. The molecule has 0 saturated heterocycles. The number of rotatable bonds is 1. The highest BCUT2D eigenvalue weighted by molar-refractivity contribution is 6.06. The Bertz CT molecular complexity index is 621. The van der Waals surface area contributed by atoms with Gasteiger partial charge in [-0.15, -0.1) is 0 Å². The smallest absolute Gasteiger partial charge is 0.339 e. The summed E-state index contributed by atoms with van der Waals surface area (Å²) in [6.45, 7) is 1.84. The first-order chi connectivity index (χ1) is 8.20. The van der Waals surface area contributed by atoms with Crippen LogP contribution in [-0.2, 0) is 4.74 Å². The van der Waals surface area contributed by atoms with Crippen molar-refractivity contribution in [1.29, 1.82) is 0 Å². The Hall–Kier alpha value is -2.10. The van der Waals surface area contributed by atoms with E-state index in [-0.39, 0.29) is 12.1 Å². The zero-order chi connectivity index (χ0) is 12.0. The van der Waals surface area contributed by atoms with Crippen LogP contribution in [0.3, 0.4) is 0 Å². The van der Waals surface area contributed by atoms with E-state index in [1.54, 1.807) is 13.3 Å². The number of pyridine rings is 1. The summed E-state index contributed by atoms with van der Waals surface area (Å²) in [5, 5.41) is 0.788. The topological polar surface area (TPSA) is 48.4 Å². The van der Waals surface area contributed by atoms with E-state index in [2.05, 4.69) is 4.98 Å². The molecule has 17 heavy (non-hydrogen) atoms. The van der Waals surface area contributed by atoms with Crippen molar-refractivity contribution in [2.75, 3.05) is 7.11 Å². The summed E-state index contributed by atoms with van der Waals surface area (Å²) >= 11 is 0. The summed E-state index contributed by atoms with van der Waals surface area (Å²) in [7, 11) is 1.60. The minimum Gasteiger partial charge on any atom is -0.497 e. The third kappa shape index (κ3) is 1.37. The largest absolute Gasteiger partial charge is 0.497 e. The van der Waals surface area contributed by atoms with Crippen molar-refractivity contribution in [3.8, 4) is 5.75 Å². The number of aromatic nitrogens is 1. The molecule has 4 heteroatoms. The van der Waals surface area contributed by atoms with Gasteiger partial charge in [-0.3, -0.25) is 4.98 Å². The number of benzene rings is 1. The molecule has 0 saturated carbocycles. The number of hydrogen-bond acceptors (Lipinski definition) is 4. The average molecular weight is 229 g/mol. The van der Waals surface area contributed by atoms with Crippen molar-refractivity contribution < 1.29 is 14.3 Å². The third-order valence-corrected chi connectivity index (χ3v) is 3.03. The molecule has 1 aliphatic rings. The van der Waals surface area contributed by atoms with Crippen LogP contribution in [0.25, 0.3) is 10.9 Å². The fourth-order valence-electron chi connectivity index (χ4n) is 2.13. The second-order valence-electron chi connectivity index (χ2n) is 4.02. The predicted octanol–water partition coefficient (Wildman–Crippen LogP) is 2.47. The van der Waals surface area contributed by atoms with Crippen LogP contribution >= 0.6 is 0 Å². The molecule has 0 aliphatic carbocycles. The minimum absolute atomic E-state index is 0.222. The van der Waals surface area contributed by atoms with E-state index in [0.29, 0.717) is 11.3 Å². The molecular formula is C13H11NO3. The van der Waals surface area contributed by atoms with Gasteiger partial charge in [0.2, 0.25) is 0 Å². The summed E-state index contributed by atoms with van der Waals surface area (Å²) < 4.78 is 10.4. The van der Waals surface area contributed by atoms with Gasteiger partial charge in [-0.1, -0.05) is 0 Å². The summed E-state index contributed by atoms with van der Waals surface area (Å²) in [5.74, 6) is 0.424. The molecule has 0 bridgehead atoms. The molecule has 1 aromatic carbocycles. The lowest BCUT2D eigenvalue weighted by Gasteiger charge is -2.05. The Morgan fingerprint density at radius 1 is 1.41 bits per heavy atom. The van der Waals surface area contributed by atoms with Gasteiger partial charge < -0.3 is 9.47 Å². The lowest BCUT2D eigenvalue weighted by Crippen LogP contribution is -1.96. The summed E-state index contributed by atoms with van der Waals surface area (Å²) in [6.07, 6.45) is 1.49. The predicted molar refractivity (Wildman–Crippen MR) is 62.1 cm³/mol. The van der Waals surface area contributed by atoms with Crippen LogP contribution in [0.4, 0.5) is 0 Å². The van der Waals surface area contributed by atoms with Gasteiger partial charge in [0.25, 0.3) is 0 Å². The number of carbonyl (C=O) groups is 1. The maximum atomic E-state index is 11.8. The van der Waals surface area contributed by atoms with Crippen LogP contribution in [0.15, 0.2) is 24.4 Å². The third-order valence-electron chi connectivity index (χ3n) is 3.03. The Morgan fingerprint density at radius 3 is 3.00 bits per heavy atom. The standard InChI is InChI=1S/C13H11NO3/c1-7-10-6-14-11-4-3-8(16-2)5-9(11)12(10)13(15)17-7/h3-7H,1-2H3/t7-/m0/s1. The van der Waals surface area contributed by atoms with E-state index < -0.39 is 0 Å².